The van der Waals surface area contributed by atoms with Gasteiger partial charge in [-0.3, -0.25) is 4.79 Å². The summed E-state index contributed by atoms with van der Waals surface area (Å²) >= 11 is 0. The fraction of sp³-hybridized carbons (Fsp3) is 0.872. The number of ketones is 1. The molecule has 0 aliphatic carbocycles. The van der Waals surface area contributed by atoms with Gasteiger partial charge in [-0.05, 0) is 44.9 Å². The molecule has 0 spiro atoms. The summed E-state index contributed by atoms with van der Waals surface area (Å²) < 4.78 is 0. The summed E-state index contributed by atoms with van der Waals surface area (Å²) in [6, 6.07) is -0.464. The molecule has 3 atom stereocenters. The number of rotatable bonds is 35. The Hall–Kier alpha value is -1.01. The van der Waals surface area contributed by atoms with Crippen molar-refractivity contribution in [3.05, 3.63) is 24.3 Å². The van der Waals surface area contributed by atoms with Crippen LogP contribution in [-0.2, 0) is 4.79 Å². The van der Waals surface area contributed by atoms with E-state index in [0.717, 1.165) is 25.7 Å². The van der Waals surface area contributed by atoms with E-state index in [1.54, 1.807) is 0 Å². The van der Waals surface area contributed by atoms with Crippen LogP contribution in [0.15, 0.2) is 24.3 Å². The Labute approximate surface area is 273 Å². The molecule has 0 radical (unpaired) electrons. The Morgan fingerprint density at radius 1 is 0.591 bits per heavy atom. The molecule has 0 rings (SSSR count). The van der Waals surface area contributed by atoms with E-state index in [4.69, 9.17) is 0 Å². The summed E-state index contributed by atoms with van der Waals surface area (Å²) in [5.74, 6) is 0.142. The summed E-state index contributed by atoms with van der Waals surface area (Å²) in [7, 11) is 0. The van der Waals surface area contributed by atoms with Gasteiger partial charge in [0, 0.05) is 19.1 Å². The van der Waals surface area contributed by atoms with Crippen molar-refractivity contribution in [1.29, 1.82) is 0 Å². The molecule has 0 saturated carbocycles. The molecular formula is C39H75NO4. The lowest BCUT2D eigenvalue weighted by Gasteiger charge is -2.27. The van der Waals surface area contributed by atoms with Crippen molar-refractivity contribution in [1.82, 2.24) is 5.32 Å². The van der Waals surface area contributed by atoms with E-state index in [1.165, 1.54) is 128 Å². The minimum atomic E-state index is -0.966. The van der Waals surface area contributed by atoms with Crippen LogP contribution < -0.4 is 5.32 Å². The topological polar surface area (TPSA) is 89.8 Å². The summed E-state index contributed by atoms with van der Waals surface area (Å²) in [6.07, 6.45) is 38.2. The van der Waals surface area contributed by atoms with Crippen LogP contribution in [0, 0.1) is 0 Å². The number of aliphatic hydroxyl groups is 3. The second-order valence-electron chi connectivity index (χ2n) is 13.1. The molecule has 5 heteroatoms. The molecule has 0 aliphatic rings. The van der Waals surface area contributed by atoms with Gasteiger partial charge in [-0.25, -0.2) is 0 Å². The summed E-state index contributed by atoms with van der Waals surface area (Å²) in [4.78, 5) is 12.4. The lowest BCUT2D eigenvalue weighted by atomic mass is 9.97. The van der Waals surface area contributed by atoms with Crippen LogP contribution in [0.1, 0.15) is 187 Å². The third kappa shape index (κ3) is 29.7. The third-order valence-electron chi connectivity index (χ3n) is 8.85. The van der Waals surface area contributed by atoms with Crippen LogP contribution in [0.3, 0.4) is 0 Å². The Morgan fingerprint density at radius 3 is 1.55 bits per heavy atom. The number of allylic oxidation sites excluding steroid dienone is 4. The predicted octanol–water partition coefficient (Wildman–Crippen LogP) is 9.91. The van der Waals surface area contributed by atoms with Crippen molar-refractivity contribution in [2.45, 2.75) is 205 Å². The first-order chi connectivity index (χ1) is 21.6. The van der Waals surface area contributed by atoms with Crippen LogP contribution in [0.4, 0.5) is 0 Å². The number of hydrogen-bond donors (Lipinski definition) is 4. The number of Topliss-reactive ketones (excluding diaryl/α,β-unsaturated/α-hetero) is 1. The van der Waals surface area contributed by atoms with E-state index in [0.29, 0.717) is 19.3 Å². The Morgan fingerprint density at radius 2 is 1.02 bits per heavy atom. The monoisotopic (exact) mass is 622 g/mol. The average molecular weight is 622 g/mol. The molecule has 0 aliphatic heterocycles. The van der Waals surface area contributed by atoms with Gasteiger partial charge in [-0.15, -0.1) is 0 Å². The van der Waals surface area contributed by atoms with Crippen molar-refractivity contribution in [3.63, 3.8) is 0 Å². The zero-order chi connectivity index (χ0) is 32.4. The third-order valence-corrected chi connectivity index (χ3v) is 8.85. The lowest BCUT2D eigenvalue weighted by molar-refractivity contribution is -0.118. The van der Waals surface area contributed by atoms with Gasteiger partial charge in [-0.2, -0.15) is 0 Å². The quantitative estimate of drug-likeness (QED) is 0.0418. The molecule has 0 aromatic carbocycles. The lowest BCUT2D eigenvalue weighted by Crippen LogP contribution is -2.48. The summed E-state index contributed by atoms with van der Waals surface area (Å²) in [5.41, 5.74) is 0. The first-order valence-corrected chi connectivity index (χ1v) is 19.1. The molecule has 0 saturated heterocycles. The normalized spacial score (nSPS) is 14.1. The fourth-order valence-electron chi connectivity index (χ4n) is 5.83. The molecule has 44 heavy (non-hydrogen) atoms. The van der Waals surface area contributed by atoms with E-state index >= 15 is 0 Å². The maximum atomic E-state index is 12.4. The standard InChI is InChI=1S/C39H75NO4/c1-3-5-7-9-11-13-15-16-17-18-19-20-22-23-25-27-29-31-36(42)35-40-37(33-34-41)39(44)38(43)32-30-28-26-24-21-14-12-10-8-6-4-2/h11,13,15-16,37-41,43-44H,3-10,12,14,17-35H2,1-2H3. The van der Waals surface area contributed by atoms with Crippen molar-refractivity contribution in [2.75, 3.05) is 13.2 Å². The van der Waals surface area contributed by atoms with E-state index in [-0.39, 0.29) is 18.9 Å². The van der Waals surface area contributed by atoms with E-state index in [1.807, 2.05) is 0 Å². The van der Waals surface area contributed by atoms with E-state index in [9.17, 15) is 20.1 Å². The SMILES string of the molecule is CCCCCC=CC=CCCCCCCCCCCC(=O)CNC(CCO)C(O)C(O)CCCCCCCCCCCCC. The maximum absolute atomic E-state index is 12.4. The number of hydrogen-bond acceptors (Lipinski definition) is 5. The Kier molecular flexibility index (Phi) is 34.1. The Bertz CT molecular complexity index is 650. The minimum Gasteiger partial charge on any atom is -0.396 e. The van der Waals surface area contributed by atoms with Gasteiger partial charge in [0.25, 0.3) is 0 Å². The van der Waals surface area contributed by atoms with Crippen molar-refractivity contribution < 1.29 is 20.1 Å². The maximum Gasteiger partial charge on any atom is 0.146 e. The number of nitrogens with one attached hydrogen (secondary N) is 1. The highest BCUT2D eigenvalue weighted by molar-refractivity contribution is 5.80. The Balaban J connectivity index is 3.78. The van der Waals surface area contributed by atoms with Gasteiger partial charge in [0.05, 0.1) is 18.8 Å². The zero-order valence-electron chi connectivity index (χ0n) is 29.3. The van der Waals surface area contributed by atoms with Crippen LogP contribution in [0.2, 0.25) is 0 Å². The molecule has 5 nitrogen and oxygen atoms in total. The average Bonchev–Trinajstić information content (AvgIpc) is 3.02. The van der Waals surface area contributed by atoms with Gasteiger partial charge in [-0.1, -0.05) is 160 Å². The predicted molar refractivity (Wildman–Crippen MR) is 190 cm³/mol. The van der Waals surface area contributed by atoms with Crippen LogP contribution in [-0.4, -0.2) is 52.5 Å². The summed E-state index contributed by atoms with van der Waals surface area (Å²) in [5, 5.41) is 33.8. The molecule has 4 N–H and O–H groups in total. The number of aliphatic hydroxyl groups excluding tert-OH is 3. The highest BCUT2D eigenvalue weighted by Crippen LogP contribution is 2.16. The first-order valence-electron chi connectivity index (χ1n) is 19.1. The molecule has 0 amide bonds. The highest BCUT2D eigenvalue weighted by atomic mass is 16.3. The molecule has 0 aromatic rings. The van der Waals surface area contributed by atoms with Crippen LogP contribution >= 0.6 is 0 Å². The number of carbonyl (C=O) groups is 1. The molecule has 0 bridgehead atoms. The number of unbranched alkanes of at least 4 members (excludes halogenated alkanes) is 21. The minimum absolute atomic E-state index is 0.0820. The van der Waals surface area contributed by atoms with Crippen molar-refractivity contribution >= 4 is 5.78 Å². The molecule has 0 aromatic heterocycles. The van der Waals surface area contributed by atoms with Gasteiger partial charge in [0.15, 0.2) is 0 Å². The molecule has 0 fully saturated rings. The zero-order valence-corrected chi connectivity index (χ0v) is 29.3. The molecule has 0 heterocycles. The van der Waals surface area contributed by atoms with Gasteiger partial charge >= 0.3 is 0 Å². The molecule has 260 valence electrons. The molecular weight excluding hydrogens is 546 g/mol. The van der Waals surface area contributed by atoms with Gasteiger partial charge < -0.3 is 20.6 Å². The molecule has 3 unspecified atom stereocenters. The first kappa shape index (κ1) is 43.0. The second-order valence-corrected chi connectivity index (χ2v) is 13.1. The fourth-order valence-corrected chi connectivity index (χ4v) is 5.83. The number of carbonyl (C=O) groups excluding carboxylic acids is 1. The van der Waals surface area contributed by atoms with Crippen LogP contribution in [0.25, 0.3) is 0 Å². The summed E-state index contributed by atoms with van der Waals surface area (Å²) in [6.45, 7) is 4.60. The highest BCUT2D eigenvalue weighted by Gasteiger charge is 2.25. The second kappa shape index (κ2) is 34.9. The van der Waals surface area contributed by atoms with Gasteiger partial charge in [0.2, 0.25) is 0 Å². The van der Waals surface area contributed by atoms with Crippen molar-refractivity contribution in [3.8, 4) is 0 Å². The van der Waals surface area contributed by atoms with E-state index in [2.05, 4.69) is 43.5 Å². The largest absolute Gasteiger partial charge is 0.396 e. The van der Waals surface area contributed by atoms with Gasteiger partial charge in [0.1, 0.15) is 5.78 Å². The van der Waals surface area contributed by atoms with E-state index < -0.39 is 18.2 Å². The smallest absolute Gasteiger partial charge is 0.146 e. The van der Waals surface area contributed by atoms with Crippen molar-refractivity contribution in [2.24, 2.45) is 0 Å². The van der Waals surface area contributed by atoms with Crippen LogP contribution in [0.5, 0.6) is 0 Å².